The Kier molecular flexibility index (Phi) is 4.41. The van der Waals surface area contributed by atoms with Crippen molar-refractivity contribution in [3.63, 3.8) is 0 Å². The van der Waals surface area contributed by atoms with E-state index in [0.717, 1.165) is 36.5 Å². The van der Waals surface area contributed by atoms with Crippen LogP contribution in [0, 0.1) is 11.8 Å². The van der Waals surface area contributed by atoms with Gasteiger partial charge in [0.2, 0.25) is 17.7 Å². The highest BCUT2D eigenvalue weighted by molar-refractivity contribution is 6.06. The molecule has 0 spiro atoms. The lowest BCUT2D eigenvalue weighted by Crippen LogP contribution is -2.34. The first-order valence-electron chi connectivity index (χ1n) is 9.13. The average molecular weight is 351 g/mol. The summed E-state index contributed by atoms with van der Waals surface area (Å²) < 4.78 is 0. The molecule has 0 bridgehead atoms. The quantitative estimate of drug-likeness (QED) is 0.859. The number of amides is 3. The number of pyridine rings is 1. The molecule has 134 valence electrons. The van der Waals surface area contributed by atoms with Crippen molar-refractivity contribution in [1.29, 1.82) is 0 Å². The second-order valence-electron chi connectivity index (χ2n) is 7.03. The van der Waals surface area contributed by atoms with Crippen LogP contribution in [0.4, 0.5) is 5.69 Å². The molecule has 26 heavy (non-hydrogen) atoms. The Morgan fingerprint density at radius 3 is 2.58 bits per heavy atom. The monoisotopic (exact) mass is 351 g/mol. The zero-order chi connectivity index (χ0) is 18.1. The molecule has 1 saturated carbocycles. The lowest BCUT2D eigenvalue weighted by Gasteiger charge is -2.19. The van der Waals surface area contributed by atoms with Crippen LogP contribution in [0.15, 0.2) is 36.7 Å². The van der Waals surface area contributed by atoms with Crippen LogP contribution in [0.1, 0.15) is 32.1 Å². The number of hydrogen-bond donors (Lipinski definition) is 1. The molecule has 6 heteroatoms. The number of fused-ring (bicyclic) bond motifs is 2. The summed E-state index contributed by atoms with van der Waals surface area (Å²) in [6.45, 7) is 0.156. The van der Waals surface area contributed by atoms with E-state index < -0.39 is 0 Å². The minimum Gasteiger partial charge on any atom is -0.325 e. The maximum Gasteiger partial charge on any atom is 0.233 e. The number of aromatic nitrogens is 1. The molecule has 2 fully saturated rings. The molecule has 0 unspecified atom stereocenters. The molecule has 6 nitrogen and oxygen atoms in total. The molecule has 2 heterocycles. The van der Waals surface area contributed by atoms with Gasteiger partial charge >= 0.3 is 0 Å². The van der Waals surface area contributed by atoms with Crippen LogP contribution in [0.5, 0.6) is 0 Å². The van der Waals surface area contributed by atoms with Gasteiger partial charge < -0.3 is 5.32 Å². The Labute approximate surface area is 151 Å². The van der Waals surface area contributed by atoms with Gasteiger partial charge in [-0.05, 0) is 25.0 Å². The fourth-order valence-electron chi connectivity index (χ4n) is 4.11. The van der Waals surface area contributed by atoms with E-state index in [2.05, 4.69) is 10.3 Å². The van der Waals surface area contributed by atoms with Crippen LogP contribution in [0.2, 0.25) is 0 Å². The van der Waals surface area contributed by atoms with Gasteiger partial charge in [-0.15, -0.1) is 0 Å². The number of rotatable bonds is 4. The Hall–Kier alpha value is -2.76. The van der Waals surface area contributed by atoms with Gasteiger partial charge in [0, 0.05) is 41.8 Å². The summed E-state index contributed by atoms with van der Waals surface area (Å²) in [5, 5.41) is 4.74. The molecule has 1 aromatic carbocycles. The van der Waals surface area contributed by atoms with Crippen molar-refractivity contribution in [3.8, 4) is 0 Å². The first kappa shape index (κ1) is 16.7. The third-order valence-corrected chi connectivity index (χ3v) is 5.45. The maximum absolute atomic E-state index is 12.5. The van der Waals surface area contributed by atoms with Gasteiger partial charge in [0.05, 0.1) is 11.8 Å². The van der Waals surface area contributed by atoms with Crippen LogP contribution < -0.4 is 5.32 Å². The number of anilines is 1. The van der Waals surface area contributed by atoms with Crippen molar-refractivity contribution in [2.75, 3.05) is 11.9 Å². The summed E-state index contributed by atoms with van der Waals surface area (Å²) in [4.78, 5) is 42.7. The summed E-state index contributed by atoms with van der Waals surface area (Å²) in [6.07, 6.45) is 7.13. The minimum absolute atomic E-state index is 0.0938. The summed E-state index contributed by atoms with van der Waals surface area (Å²) >= 11 is 0. The largest absolute Gasteiger partial charge is 0.325 e. The molecule has 1 N–H and O–H groups in total. The normalized spacial score (nSPS) is 22.5. The SMILES string of the molecule is O=C(CCN1C(=O)[C@H]2CCCC[C@@H]2C1=O)Nc1cccc2cnccc12. The topological polar surface area (TPSA) is 79.4 Å². The molecule has 2 aliphatic rings. The zero-order valence-corrected chi connectivity index (χ0v) is 14.5. The molecule has 2 aromatic rings. The Balaban J connectivity index is 1.41. The molecular weight excluding hydrogens is 330 g/mol. The van der Waals surface area contributed by atoms with E-state index in [1.54, 1.807) is 12.4 Å². The number of carbonyl (C=O) groups excluding carboxylic acids is 3. The highest BCUT2D eigenvalue weighted by atomic mass is 16.2. The predicted molar refractivity (Wildman–Crippen MR) is 97.2 cm³/mol. The van der Waals surface area contributed by atoms with E-state index in [0.29, 0.717) is 5.69 Å². The fraction of sp³-hybridized carbons (Fsp3) is 0.400. The van der Waals surface area contributed by atoms with Crippen molar-refractivity contribution in [2.24, 2.45) is 11.8 Å². The van der Waals surface area contributed by atoms with E-state index in [1.807, 2.05) is 24.3 Å². The van der Waals surface area contributed by atoms with Gasteiger partial charge in [-0.2, -0.15) is 0 Å². The number of carbonyl (C=O) groups is 3. The van der Waals surface area contributed by atoms with Crippen LogP contribution in [0.3, 0.4) is 0 Å². The van der Waals surface area contributed by atoms with Gasteiger partial charge in [-0.25, -0.2) is 0 Å². The molecule has 1 aliphatic carbocycles. The molecule has 3 amide bonds. The van der Waals surface area contributed by atoms with Crippen molar-refractivity contribution < 1.29 is 14.4 Å². The van der Waals surface area contributed by atoms with E-state index in [4.69, 9.17) is 0 Å². The summed E-state index contributed by atoms with van der Waals surface area (Å²) in [5.74, 6) is -0.716. The van der Waals surface area contributed by atoms with Crippen LogP contribution >= 0.6 is 0 Å². The van der Waals surface area contributed by atoms with Gasteiger partial charge in [0.1, 0.15) is 0 Å². The third kappa shape index (κ3) is 2.96. The smallest absolute Gasteiger partial charge is 0.233 e. The molecule has 2 atom stereocenters. The Bertz CT molecular complexity index is 850. The van der Waals surface area contributed by atoms with E-state index >= 15 is 0 Å². The van der Waals surface area contributed by atoms with Crippen molar-refractivity contribution in [3.05, 3.63) is 36.7 Å². The van der Waals surface area contributed by atoms with E-state index in [1.165, 1.54) is 4.90 Å². The second-order valence-corrected chi connectivity index (χ2v) is 7.03. The standard InChI is InChI=1S/C20H21N3O3/c24-18(22-17-7-3-4-13-12-21-10-8-14(13)17)9-11-23-19(25)15-5-1-2-6-16(15)20(23)26/h3-4,7-8,10,12,15-16H,1-2,5-6,9,11H2,(H,22,24)/t15-,16-/m0/s1. The zero-order valence-electron chi connectivity index (χ0n) is 14.5. The minimum atomic E-state index is -0.204. The number of likely N-dealkylation sites (tertiary alicyclic amines) is 1. The number of nitrogens with zero attached hydrogens (tertiary/aromatic N) is 2. The lowest BCUT2D eigenvalue weighted by molar-refractivity contribution is -0.140. The van der Waals surface area contributed by atoms with Crippen LogP contribution in [-0.4, -0.2) is 34.2 Å². The van der Waals surface area contributed by atoms with Crippen molar-refractivity contribution >= 4 is 34.2 Å². The number of benzene rings is 1. The van der Waals surface area contributed by atoms with Gasteiger partial charge in [0.25, 0.3) is 0 Å². The van der Waals surface area contributed by atoms with E-state index in [-0.39, 0.29) is 42.5 Å². The number of hydrogen-bond acceptors (Lipinski definition) is 4. The summed E-state index contributed by atoms with van der Waals surface area (Å²) in [5.41, 5.74) is 0.711. The van der Waals surface area contributed by atoms with Gasteiger partial charge in [0.15, 0.2) is 0 Å². The first-order chi connectivity index (χ1) is 12.6. The van der Waals surface area contributed by atoms with Crippen molar-refractivity contribution in [2.45, 2.75) is 32.1 Å². The summed E-state index contributed by atoms with van der Waals surface area (Å²) in [7, 11) is 0. The molecule has 1 saturated heterocycles. The van der Waals surface area contributed by atoms with Crippen molar-refractivity contribution in [1.82, 2.24) is 9.88 Å². The van der Waals surface area contributed by atoms with E-state index in [9.17, 15) is 14.4 Å². The molecule has 1 aromatic heterocycles. The first-order valence-corrected chi connectivity index (χ1v) is 9.13. The number of imide groups is 1. The Morgan fingerprint density at radius 2 is 1.85 bits per heavy atom. The van der Waals surface area contributed by atoms with Gasteiger partial charge in [-0.3, -0.25) is 24.3 Å². The van der Waals surface area contributed by atoms with Crippen LogP contribution in [0.25, 0.3) is 10.8 Å². The van der Waals surface area contributed by atoms with Gasteiger partial charge in [-0.1, -0.05) is 25.0 Å². The highest BCUT2D eigenvalue weighted by Crippen LogP contribution is 2.38. The van der Waals surface area contributed by atoms with Crippen LogP contribution in [-0.2, 0) is 14.4 Å². The predicted octanol–water partition coefficient (Wildman–Crippen LogP) is 2.74. The number of nitrogens with one attached hydrogen (secondary N) is 1. The highest BCUT2D eigenvalue weighted by Gasteiger charge is 2.47. The maximum atomic E-state index is 12.5. The second kappa shape index (κ2) is 6.86. The average Bonchev–Trinajstić information content (AvgIpc) is 2.91. The third-order valence-electron chi connectivity index (χ3n) is 5.45. The fourth-order valence-corrected chi connectivity index (χ4v) is 4.11. The Morgan fingerprint density at radius 1 is 1.12 bits per heavy atom. The lowest BCUT2D eigenvalue weighted by atomic mass is 9.81. The molecule has 0 radical (unpaired) electrons. The molecule has 4 rings (SSSR count). The molecule has 1 aliphatic heterocycles. The molecular formula is C20H21N3O3. The summed E-state index contributed by atoms with van der Waals surface area (Å²) in [6, 6.07) is 7.48.